The van der Waals surface area contributed by atoms with Gasteiger partial charge in [-0.15, -0.1) is 0 Å². The first-order valence-corrected chi connectivity index (χ1v) is 11.4. The van der Waals surface area contributed by atoms with E-state index in [2.05, 4.69) is 10.5 Å². The van der Waals surface area contributed by atoms with E-state index in [1.807, 2.05) is 6.92 Å². The number of hydrogen-bond donors (Lipinski definition) is 1. The van der Waals surface area contributed by atoms with Crippen molar-refractivity contribution < 1.29 is 17.9 Å². The van der Waals surface area contributed by atoms with Gasteiger partial charge in [-0.05, 0) is 73.2 Å². The Morgan fingerprint density at radius 3 is 2.25 bits per heavy atom. The first-order valence-electron chi connectivity index (χ1n) is 9.60. The zero-order chi connectivity index (χ0) is 23.1. The summed E-state index contributed by atoms with van der Waals surface area (Å²) in [5.74, 6) is 0.103. The summed E-state index contributed by atoms with van der Waals surface area (Å²) in [6, 6.07) is 19.7. The Labute approximate surface area is 192 Å². The Bertz CT molecular complexity index is 1190. The lowest BCUT2D eigenvalue weighted by molar-refractivity contribution is -0.119. The fourth-order valence-electron chi connectivity index (χ4n) is 2.79. The molecule has 3 aromatic rings. The van der Waals surface area contributed by atoms with Gasteiger partial charge in [0.25, 0.3) is 15.9 Å². The van der Waals surface area contributed by atoms with Crippen LogP contribution < -0.4 is 14.5 Å². The van der Waals surface area contributed by atoms with Crippen LogP contribution in [-0.4, -0.2) is 34.2 Å². The molecule has 0 aliphatic heterocycles. The third kappa shape index (κ3) is 5.87. The van der Waals surface area contributed by atoms with Gasteiger partial charge in [0.05, 0.1) is 23.9 Å². The Kier molecular flexibility index (Phi) is 7.50. The molecule has 9 heteroatoms. The summed E-state index contributed by atoms with van der Waals surface area (Å²) >= 11 is 5.94. The van der Waals surface area contributed by atoms with Crippen molar-refractivity contribution in [2.75, 3.05) is 18.0 Å². The molecule has 0 saturated carbocycles. The van der Waals surface area contributed by atoms with Crippen LogP contribution in [0.4, 0.5) is 5.69 Å². The molecule has 166 valence electrons. The third-order valence-corrected chi connectivity index (χ3v) is 6.57. The Morgan fingerprint density at radius 2 is 1.66 bits per heavy atom. The minimum Gasteiger partial charge on any atom is -0.497 e. The van der Waals surface area contributed by atoms with Crippen LogP contribution in [0.15, 0.2) is 82.8 Å². The van der Waals surface area contributed by atoms with E-state index in [1.165, 1.54) is 18.3 Å². The first-order chi connectivity index (χ1) is 15.3. The highest BCUT2D eigenvalue weighted by Crippen LogP contribution is 2.25. The smallest absolute Gasteiger partial charge is 0.264 e. The van der Waals surface area contributed by atoms with Crippen molar-refractivity contribution in [3.63, 3.8) is 0 Å². The zero-order valence-electron chi connectivity index (χ0n) is 17.5. The molecule has 0 unspecified atom stereocenters. The summed E-state index contributed by atoms with van der Waals surface area (Å²) in [5.41, 5.74) is 4.35. The number of nitrogens with one attached hydrogen (secondary N) is 1. The lowest BCUT2D eigenvalue weighted by atomic mass is 10.2. The molecule has 0 saturated heterocycles. The van der Waals surface area contributed by atoms with Crippen LogP contribution in [0.25, 0.3) is 0 Å². The molecule has 0 radical (unpaired) electrons. The normalized spacial score (nSPS) is 11.3. The van der Waals surface area contributed by atoms with Gasteiger partial charge in [0, 0.05) is 5.02 Å². The number of aryl methyl sites for hydroxylation is 1. The largest absolute Gasteiger partial charge is 0.497 e. The van der Waals surface area contributed by atoms with Gasteiger partial charge in [0.2, 0.25) is 0 Å². The van der Waals surface area contributed by atoms with Crippen molar-refractivity contribution in [3.8, 4) is 5.75 Å². The van der Waals surface area contributed by atoms with Crippen LogP contribution >= 0.6 is 11.6 Å². The molecule has 0 spiro atoms. The van der Waals surface area contributed by atoms with Gasteiger partial charge < -0.3 is 4.74 Å². The van der Waals surface area contributed by atoms with Crippen molar-refractivity contribution in [2.24, 2.45) is 5.10 Å². The van der Waals surface area contributed by atoms with E-state index in [1.54, 1.807) is 67.8 Å². The number of ether oxygens (including phenoxy) is 1. The minimum atomic E-state index is -4.00. The third-order valence-electron chi connectivity index (χ3n) is 4.53. The Morgan fingerprint density at radius 1 is 1.03 bits per heavy atom. The average Bonchev–Trinajstić information content (AvgIpc) is 2.79. The molecule has 0 heterocycles. The zero-order valence-corrected chi connectivity index (χ0v) is 19.1. The number of halogens is 1. The monoisotopic (exact) mass is 471 g/mol. The second kappa shape index (κ2) is 10.3. The fraction of sp³-hybridized carbons (Fsp3) is 0.130. The van der Waals surface area contributed by atoms with Crippen LogP contribution in [0.1, 0.15) is 11.1 Å². The topological polar surface area (TPSA) is 88.1 Å². The number of carbonyl (C=O) groups is 1. The quantitative estimate of drug-likeness (QED) is 0.397. The van der Waals surface area contributed by atoms with Crippen LogP contribution in [0.3, 0.4) is 0 Å². The number of rotatable bonds is 8. The first kappa shape index (κ1) is 23.3. The number of carbonyl (C=O) groups excluding carboxylic acids is 1. The Hall–Kier alpha value is -3.36. The van der Waals surface area contributed by atoms with Gasteiger partial charge in [-0.2, -0.15) is 5.10 Å². The number of amides is 1. The predicted molar refractivity (Wildman–Crippen MR) is 126 cm³/mol. The van der Waals surface area contributed by atoms with Gasteiger partial charge >= 0.3 is 0 Å². The summed E-state index contributed by atoms with van der Waals surface area (Å²) in [7, 11) is -2.43. The summed E-state index contributed by atoms with van der Waals surface area (Å²) < 4.78 is 32.7. The second-order valence-corrected chi connectivity index (χ2v) is 9.17. The van der Waals surface area contributed by atoms with Gasteiger partial charge in [0.15, 0.2) is 0 Å². The standard InChI is InChI=1S/C23H22ClN3O4S/c1-17-3-13-22(14-4-17)32(29,30)27(20-9-7-19(24)8-10-20)16-23(28)26-25-15-18-5-11-21(31-2)12-6-18/h3-15H,16H2,1-2H3,(H,26,28)/b25-15-. The number of sulfonamides is 1. The summed E-state index contributed by atoms with van der Waals surface area (Å²) in [6.07, 6.45) is 1.46. The molecule has 1 amide bonds. The molecule has 0 bridgehead atoms. The Balaban J connectivity index is 1.80. The molecule has 1 N–H and O–H groups in total. The van der Waals surface area contributed by atoms with Crippen molar-refractivity contribution in [1.29, 1.82) is 0 Å². The maximum atomic E-state index is 13.3. The molecule has 3 aromatic carbocycles. The van der Waals surface area contributed by atoms with Crippen LogP contribution in [0, 0.1) is 6.92 Å². The number of nitrogens with zero attached hydrogens (tertiary/aromatic N) is 2. The molecule has 0 aromatic heterocycles. The number of hydrazone groups is 1. The molecule has 32 heavy (non-hydrogen) atoms. The molecular weight excluding hydrogens is 450 g/mol. The highest BCUT2D eigenvalue weighted by atomic mass is 35.5. The second-order valence-electron chi connectivity index (χ2n) is 6.87. The summed E-state index contributed by atoms with van der Waals surface area (Å²) in [4.78, 5) is 12.6. The number of methoxy groups -OCH3 is 1. The van der Waals surface area contributed by atoms with E-state index in [9.17, 15) is 13.2 Å². The number of benzene rings is 3. The van der Waals surface area contributed by atoms with Crippen LogP contribution in [-0.2, 0) is 14.8 Å². The van der Waals surface area contributed by atoms with Gasteiger partial charge in [-0.25, -0.2) is 13.8 Å². The van der Waals surface area contributed by atoms with E-state index in [0.717, 1.165) is 15.4 Å². The molecule has 0 aliphatic carbocycles. The number of hydrogen-bond acceptors (Lipinski definition) is 5. The average molecular weight is 472 g/mol. The highest BCUT2D eigenvalue weighted by Gasteiger charge is 2.27. The van der Waals surface area contributed by atoms with Gasteiger partial charge in [-0.1, -0.05) is 29.3 Å². The van der Waals surface area contributed by atoms with E-state index >= 15 is 0 Å². The van der Waals surface area contributed by atoms with Crippen molar-refractivity contribution in [1.82, 2.24) is 5.43 Å². The van der Waals surface area contributed by atoms with E-state index in [-0.39, 0.29) is 4.90 Å². The SMILES string of the molecule is COc1ccc(/C=N\NC(=O)CN(c2ccc(Cl)cc2)S(=O)(=O)c2ccc(C)cc2)cc1. The molecule has 0 aliphatic rings. The summed E-state index contributed by atoms with van der Waals surface area (Å²) in [5, 5.41) is 4.37. The summed E-state index contributed by atoms with van der Waals surface area (Å²) in [6.45, 7) is 1.40. The highest BCUT2D eigenvalue weighted by molar-refractivity contribution is 7.92. The van der Waals surface area contributed by atoms with Gasteiger partial charge in [-0.3, -0.25) is 9.10 Å². The molecule has 0 fully saturated rings. The molecule has 7 nitrogen and oxygen atoms in total. The van der Waals surface area contributed by atoms with Gasteiger partial charge in [0.1, 0.15) is 12.3 Å². The molecular formula is C23H22ClN3O4S. The van der Waals surface area contributed by atoms with Crippen molar-refractivity contribution in [2.45, 2.75) is 11.8 Å². The van der Waals surface area contributed by atoms with E-state index in [0.29, 0.717) is 16.5 Å². The lowest BCUT2D eigenvalue weighted by Crippen LogP contribution is -2.39. The van der Waals surface area contributed by atoms with E-state index < -0.39 is 22.5 Å². The van der Waals surface area contributed by atoms with Crippen molar-refractivity contribution >= 4 is 39.4 Å². The fourth-order valence-corrected chi connectivity index (χ4v) is 4.34. The lowest BCUT2D eigenvalue weighted by Gasteiger charge is -2.23. The van der Waals surface area contributed by atoms with Crippen LogP contribution in [0.5, 0.6) is 5.75 Å². The van der Waals surface area contributed by atoms with Crippen LogP contribution in [0.2, 0.25) is 5.02 Å². The molecule has 3 rings (SSSR count). The number of anilines is 1. The maximum Gasteiger partial charge on any atom is 0.264 e. The maximum absolute atomic E-state index is 13.3. The van der Waals surface area contributed by atoms with E-state index in [4.69, 9.17) is 16.3 Å². The van der Waals surface area contributed by atoms with Crippen molar-refractivity contribution in [3.05, 3.63) is 88.9 Å². The molecule has 0 atom stereocenters. The predicted octanol–water partition coefficient (Wildman–Crippen LogP) is 4.00. The minimum absolute atomic E-state index is 0.0765.